The van der Waals surface area contributed by atoms with Crippen LogP contribution >= 0.6 is 0 Å². The van der Waals surface area contributed by atoms with E-state index in [2.05, 4.69) is 10.1 Å². The van der Waals surface area contributed by atoms with Gasteiger partial charge in [-0.25, -0.2) is 14.1 Å². The minimum atomic E-state index is -0.261. The fourth-order valence-corrected chi connectivity index (χ4v) is 2.48. The van der Waals surface area contributed by atoms with Crippen LogP contribution in [0.2, 0.25) is 0 Å². The van der Waals surface area contributed by atoms with Crippen molar-refractivity contribution >= 4 is 17.1 Å². The number of aryl methyl sites for hydroxylation is 2. The maximum atomic E-state index is 13.8. The first-order chi connectivity index (χ1) is 9.54. The van der Waals surface area contributed by atoms with E-state index in [1.54, 1.807) is 17.6 Å². The van der Waals surface area contributed by atoms with Crippen LogP contribution in [0.25, 0.3) is 16.9 Å². The second-order valence-electron chi connectivity index (χ2n) is 4.76. The molecule has 1 aromatic carbocycles. The number of hydrogen-bond acceptors (Lipinski definition) is 3. The minimum absolute atomic E-state index is 0.261. The van der Waals surface area contributed by atoms with Gasteiger partial charge in [-0.05, 0) is 32.9 Å². The lowest BCUT2D eigenvalue weighted by Gasteiger charge is -2.11. The third-order valence-electron chi connectivity index (χ3n) is 3.52. The van der Waals surface area contributed by atoms with Crippen molar-refractivity contribution in [2.24, 2.45) is 0 Å². The van der Waals surface area contributed by atoms with Gasteiger partial charge >= 0.3 is 0 Å². The van der Waals surface area contributed by atoms with Crippen LogP contribution in [-0.2, 0) is 6.54 Å². The molecule has 3 aromatic rings. The molecule has 0 saturated heterocycles. The first-order valence-corrected chi connectivity index (χ1v) is 6.51. The molecular formula is C14H16FN5. The summed E-state index contributed by atoms with van der Waals surface area (Å²) in [6.45, 7) is 6.32. The van der Waals surface area contributed by atoms with Crippen molar-refractivity contribution in [1.82, 2.24) is 19.3 Å². The number of halogens is 1. The molecule has 0 unspecified atom stereocenters. The number of nitrogens with two attached hydrogens (primary N) is 1. The second kappa shape index (κ2) is 4.33. The van der Waals surface area contributed by atoms with Gasteiger partial charge < -0.3 is 5.73 Å². The van der Waals surface area contributed by atoms with Gasteiger partial charge in [0, 0.05) is 12.1 Å². The Labute approximate surface area is 115 Å². The lowest BCUT2D eigenvalue weighted by atomic mass is 10.2. The molecule has 3 rings (SSSR count). The first-order valence-electron chi connectivity index (χ1n) is 6.51. The minimum Gasteiger partial charge on any atom is -0.369 e. The summed E-state index contributed by atoms with van der Waals surface area (Å²) in [4.78, 5) is 4.36. The summed E-state index contributed by atoms with van der Waals surface area (Å²) in [7, 11) is 0. The van der Waals surface area contributed by atoms with Gasteiger partial charge in [0.15, 0.2) is 5.65 Å². The van der Waals surface area contributed by atoms with Crippen molar-refractivity contribution in [2.75, 3.05) is 5.73 Å². The fourth-order valence-electron chi connectivity index (χ4n) is 2.48. The molecule has 5 nitrogen and oxygen atoms in total. The molecular weight excluding hydrogens is 257 g/mol. The van der Waals surface area contributed by atoms with Crippen LogP contribution in [0.5, 0.6) is 0 Å². The van der Waals surface area contributed by atoms with E-state index in [1.165, 1.54) is 6.07 Å². The van der Waals surface area contributed by atoms with Crippen molar-refractivity contribution in [3.63, 3.8) is 0 Å². The summed E-state index contributed by atoms with van der Waals surface area (Å²) in [6.07, 6.45) is 0. The van der Waals surface area contributed by atoms with Crippen LogP contribution in [0.15, 0.2) is 18.2 Å². The van der Waals surface area contributed by atoms with Crippen LogP contribution in [0.1, 0.15) is 18.2 Å². The van der Waals surface area contributed by atoms with Gasteiger partial charge in [-0.15, -0.1) is 0 Å². The number of anilines is 1. The molecule has 20 heavy (non-hydrogen) atoms. The Morgan fingerprint density at radius 3 is 2.75 bits per heavy atom. The highest BCUT2D eigenvalue weighted by molar-refractivity contribution is 5.80. The van der Waals surface area contributed by atoms with Gasteiger partial charge in [0.2, 0.25) is 5.95 Å². The lowest BCUT2D eigenvalue weighted by Crippen LogP contribution is -2.08. The predicted molar refractivity (Wildman–Crippen MR) is 76.4 cm³/mol. The molecule has 104 valence electrons. The largest absolute Gasteiger partial charge is 0.369 e. The topological polar surface area (TPSA) is 61.7 Å². The van der Waals surface area contributed by atoms with Gasteiger partial charge in [0.25, 0.3) is 0 Å². The Balaban J connectivity index is 2.41. The molecule has 0 amide bonds. The third-order valence-corrected chi connectivity index (χ3v) is 3.52. The number of benzene rings is 1. The van der Waals surface area contributed by atoms with Crippen LogP contribution < -0.4 is 5.73 Å². The Kier molecular flexibility index (Phi) is 2.74. The van der Waals surface area contributed by atoms with Crippen molar-refractivity contribution < 1.29 is 4.39 Å². The van der Waals surface area contributed by atoms with Crippen molar-refractivity contribution in [3.05, 3.63) is 35.3 Å². The Morgan fingerprint density at radius 1 is 1.30 bits per heavy atom. The van der Waals surface area contributed by atoms with Gasteiger partial charge in [-0.2, -0.15) is 5.10 Å². The van der Waals surface area contributed by atoms with E-state index in [-0.39, 0.29) is 5.82 Å². The molecule has 0 fully saturated rings. The summed E-state index contributed by atoms with van der Waals surface area (Å²) >= 11 is 0. The molecule has 6 heteroatoms. The average molecular weight is 273 g/mol. The zero-order valence-corrected chi connectivity index (χ0v) is 11.7. The number of hydrogen-bond donors (Lipinski definition) is 1. The molecule has 0 aliphatic rings. The SMILES string of the molecule is CCn1nc(C)c2nc(N)n(-c3cccc(F)c3C)c21. The molecule has 0 saturated carbocycles. The maximum absolute atomic E-state index is 13.8. The number of fused-ring (bicyclic) bond motifs is 1. The number of rotatable bonds is 2. The maximum Gasteiger partial charge on any atom is 0.207 e. The Hall–Kier alpha value is -2.37. The number of aromatic nitrogens is 4. The summed E-state index contributed by atoms with van der Waals surface area (Å²) < 4.78 is 17.4. The standard InChI is InChI=1S/C14H16FN5/c1-4-19-13-12(9(3)18-19)17-14(16)20(13)11-7-5-6-10(15)8(11)2/h5-7H,4H2,1-3H3,(H2,16,17). The fraction of sp³-hybridized carbons (Fsp3) is 0.286. The van der Waals surface area contributed by atoms with E-state index in [4.69, 9.17) is 5.73 Å². The summed E-state index contributed by atoms with van der Waals surface area (Å²) in [5.74, 6) is 0.0828. The molecule has 2 heterocycles. The molecule has 2 aromatic heterocycles. The molecule has 0 spiro atoms. The van der Waals surface area contributed by atoms with E-state index in [9.17, 15) is 4.39 Å². The smallest absolute Gasteiger partial charge is 0.207 e. The highest BCUT2D eigenvalue weighted by atomic mass is 19.1. The van der Waals surface area contributed by atoms with Crippen molar-refractivity contribution in [1.29, 1.82) is 0 Å². The van der Waals surface area contributed by atoms with E-state index < -0.39 is 0 Å². The van der Waals surface area contributed by atoms with Gasteiger partial charge in [0.1, 0.15) is 11.3 Å². The van der Waals surface area contributed by atoms with Crippen LogP contribution in [0.4, 0.5) is 10.3 Å². The molecule has 0 aliphatic carbocycles. The molecule has 0 atom stereocenters. The van der Waals surface area contributed by atoms with Crippen LogP contribution in [-0.4, -0.2) is 19.3 Å². The predicted octanol–water partition coefficient (Wildman–Crippen LogP) is 2.58. The molecule has 0 radical (unpaired) electrons. The number of nitrogens with zero attached hydrogens (tertiary/aromatic N) is 4. The van der Waals surface area contributed by atoms with Crippen molar-refractivity contribution in [2.45, 2.75) is 27.3 Å². The highest BCUT2D eigenvalue weighted by Crippen LogP contribution is 2.27. The van der Waals surface area contributed by atoms with Gasteiger partial charge in [-0.1, -0.05) is 6.07 Å². The quantitative estimate of drug-likeness (QED) is 0.780. The third kappa shape index (κ3) is 1.61. The number of imidazole rings is 1. The summed E-state index contributed by atoms with van der Waals surface area (Å²) in [5, 5.41) is 4.43. The second-order valence-corrected chi connectivity index (χ2v) is 4.76. The van der Waals surface area contributed by atoms with Gasteiger partial charge in [-0.3, -0.25) is 4.57 Å². The van der Waals surface area contributed by atoms with Crippen molar-refractivity contribution in [3.8, 4) is 5.69 Å². The molecule has 2 N–H and O–H groups in total. The van der Waals surface area contributed by atoms with E-state index >= 15 is 0 Å². The van der Waals surface area contributed by atoms with E-state index in [1.807, 2.05) is 24.6 Å². The normalized spacial score (nSPS) is 11.4. The zero-order chi connectivity index (χ0) is 14.4. The summed E-state index contributed by atoms with van der Waals surface area (Å²) in [5.41, 5.74) is 9.65. The highest BCUT2D eigenvalue weighted by Gasteiger charge is 2.19. The lowest BCUT2D eigenvalue weighted by molar-refractivity contribution is 0.616. The molecule has 0 aliphatic heterocycles. The van der Waals surface area contributed by atoms with E-state index in [0.717, 1.165) is 16.9 Å². The Bertz CT molecular complexity index is 800. The first kappa shape index (κ1) is 12.7. The Morgan fingerprint density at radius 2 is 2.05 bits per heavy atom. The van der Waals surface area contributed by atoms with E-state index in [0.29, 0.717) is 23.7 Å². The summed E-state index contributed by atoms with van der Waals surface area (Å²) in [6, 6.07) is 4.94. The monoisotopic (exact) mass is 273 g/mol. The molecule has 0 bridgehead atoms. The van der Waals surface area contributed by atoms with Crippen LogP contribution in [0, 0.1) is 19.7 Å². The zero-order valence-electron chi connectivity index (χ0n) is 11.7. The number of nitrogen functional groups attached to an aromatic ring is 1. The van der Waals surface area contributed by atoms with Gasteiger partial charge in [0.05, 0.1) is 11.4 Å². The average Bonchev–Trinajstić information content (AvgIpc) is 2.90. The van der Waals surface area contributed by atoms with Crippen LogP contribution in [0.3, 0.4) is 0 Å².